The van der Waals surface area contributed by atoms with E-state index in [1.165, 1.54) is 6.92 Å². The number of phenolic OH excluding ortho intramolecular Hbond substituents is 2. The molecule has 40 heavy (non-hydrogen) atoms. The number of esters is 2. The number of unbranched alkanes of at least 4 members (excludes halogenated alkanes) is 3. The molecule has 2 aromatic carbocycles. The van der Waals surface area contributed by atoms with E-state index >= 15 is 0 Å². The first-order chi connectivity index (χ1) is 19.1. The first kappa shape index (κ1) is 32.2. The van der Waals surface area contributed by atoms with Gasteiger partial charge in [0.2, 0.25) is 5.75 Å². The van der Waals surface area contributed by atoms with Gasteiger partial charge in [-0.25, -0.2) is 4.79 Å². The molecule has 0 saturated heterocycles. The molecule has 0 aromatic heterocycles. The molecule has 0 aliphatic carbocycles. The van der Waals surface area contributed by atoms with E-state index in [0.717, 1.165) is 0 Å². The molecule has 0 unspecified atom stereocenters. The van der Waals surface area contributed by atoms with Crippen LogP contribution in [0.3, 0.4) is 0 Å². The van der Waals surface area contributed by atoms with Crippen LogP contribution in [0, 0.1) is 0 Å². The summed E-state index contributed by atoms with van der Waals surface area (Å²) < 4.78 is 10.8. The van der Waals surface area contributed by atoms with E-state index in [1.54, 1.807) is 24.3 Å². The highest BCUT2D eigenvalue weighted by atomic mass is 16.5. The second-order valence-electron chi connectivity index (χ2n) is 9.57. The highest BCUT2D eigenvalue weighted by Gasteiger charge is 2.36. The highest BCUT2D eigenvalue weighted by Crippen LogP contribution is 2.46. The van der Waals surface area contributed by atoms with Gasteiger partial charge in [0.15, 0.2) is 28.8 Å². The summed E-state index contributed by atoms with van der Waals surface area (Å²) in [4.78, 5) is 64.9. The lowest BCUT2D eigenvalue weighted by Gasteiger charge is -2.20. The predicted molar refractivity (Wildman–Crippen MR) is 148 cm³/mol. The zero-order valence-electron chi connectivity index (χ0n) is 23.6. The van der Waals surface area contributed by atoms with E-state index in [1.807, 2.05) is 20.8 Å². The van der Waals surface area contributed by atoms with Crippen LogP contribution in [0.15, 0.2) is 24.3 Å². The maximum atomic E-state index is 13.6. The average Bonchev–Trinajstić information content (AvgIpc) is 2.94. The van der Waals surface area contributed by atoms with Crippen molar-refractivity contribution in [1.82, 2.24) is 0 Å². The van der Waals surface area contributed by atoms with Gasteiger partial charge in [-0.15, -0.1) is 0 Å². The Bertz CT molecular complexity index is 1260. The fourth-order valence-corrected chi connectivity index (χ4v) is 4.16. The van der Waals surface area contributed by atoms with Crippen LogP contribution in [0.25, 0.3) is 0 Å². The number of carbonyl (C=O) groups excluding carboxylic acids is 5. The van der Waals surface area contributed by atoms with Crippen LogP contribution in [-0.4, -0.2) is 39.5 Å². The zero-order valence-corrected chi connectivity index (χ0v) is 23.6. The van der Waals surface area contributed by atoms with Crippen LogP contribution < -0.4 is 4.74 Å². The summed E-state index contributed by atoms with van der Waals surface area (Å²) in [6.45, 7) is 6.57. The third kappa shape index (κ3) is 8.00. The molecule has 0 amide bonds. The molecule has 2 N–H and O–H groups in total. The van der Waals surface area contributed by atoms with Gasteiger partial charge in [0.25, 0.3) is 0 Å². The number of ether oxygens (including phenoxy) is 2. The standard InChI is InChI=1S/C31H38O9/c1-5-8-15-22(33)25-27(31(38)39-18-20-13-11-12-14-21(20)19(4)32)26(23(34)16-9-6-2)30(29(37)28(25)36)40-24(35)17-10-7-3/h11-14,36-37H,5-10,15-18H2,1-4H3. The molecule has 0 aliphatic heterocycles. The number of carbonyl (C=O) groups is 5. The Balaban J connectivity index is 2.76. The molecule has 0 fully saturated rings. The molecular weight excluding hydrogens is 516 g/mol. The van der Waals surface area contributed by atoms with Crippen molar-refractivity contribution in [2.24, 2.45) is 0 Å². The average molecular weight is 555 g/mol. The van der Waals surface area contributed by atoms with E-state index in [4.69, 9.17) is 9.47 Å². The topological polar surface area (TPSA) is 144 Å². The Morgan fingerprint density at radius 3 is 1.85 bits per heavy atom. The molecule has 0 spiro atoms. The minimum atomic E-state index is -1.14. The summed E-state index contributed by atoms with van der Waals surface area (Å²) in [7, 11) is 0. The predicted octanol–water partition coefficient (Wildman–Crippen LogP) is 6.50. The lowest BCUT2D eigenvalue weighted by molar-refractivity contribution is -0.134. The van der Waals surface area contributed by atoms with Crippen LogP contribution >= 0.6 is 0 Å². The van der Waals surface area contributed by atoms with E-state index in [9.17, 15) is 34.2 Å². The quantitative estimate of drug-likeness (QED) is 0.103. The maximum absolute atomic E-state index is 13.6. The number of rotatable bonds is 16. The summed E-state index contributed by atoms with van der Waals surface area (Å²) in [5, 5.41) is 21.8. The van der Waals surface area contributed by atoms with Crippen molar-refractivity contribution in [1.29, 1.82) is 0 Å². The van der Waals surface area contributed by atoms with Gasteiger partial charge in [-0.2, -0.15) is 0 Å². The van der Waals surface area contributed by atoms with E-state index < -0.39 is 57.4 Å². The van der Waals surface area contributed by atoms with Gasteiger partial charge in [0.05, 0.1) is 16.7 Å². The van der Waals surface area contributed by atoms with Crippen LogP contribution in [0.4, 0.5) is 0 Å². The summed E-state index contributed by atoms with van der Waals surface area (Å²) in [6, 6.07) is 6.49. The molecule has 2 aromatic rings. The summed E-state index contributed by atoms with van der Waals surface area (Å²) >= 11 is 0. The van der Waals surface area contributed by atoms with Crippen molar-refractivity contribution in [2.75, 3.05) is 0 Å². The van der Waals surface area contributed by atoms with Gasteiger partial charge in [0.1, 0.15) is 6.61 Å². The zero-order chi connectivity index (χ0) is 29.8. The second kappa shape index (κ2) is 15.5. The van der Waals surface area contributed by atoms with Crippen LogP contribution in [0.5, 0.6) is 17.2 Å². The lowest BCUT2D eigenvalue weighted by atomic mass is 9.90. The highest BCUT2D eigenvalue weighted by molar-refractivity contribution is 6.17. The minimum Gasteiger partial charge on any atom is -0.504 e. The van der Waals surface area contributed by atoms with Gasteiger partial charge in [-0.1, -0.05) is 64.3 Å². The van der Waals surface area contributed by atoms with Crippen LogP contribution in [0.1, 0.15) is 132 Å². The number of aromatic hydroxyl groups is 2. The Hall–Kier alpha value is -4.01. The molecule has 0 radical (unpaired) electrons. The normalized spacial score (nSPS) is 10.7. The van der Waals surface area contributed by atoms with Gasteiger partial charge in [-0.3, -0.25) is 19.2 Å². The molecule has 9 nitrogen and oxygen atoms in total. The first-order valence-electron chi connectivity index (χ1n) is 13.7. The number of hydrogen-bond acceptors (Lipinski definition) is 9. The van der Waals surface area contributed by atoms with Gasteiger partial charge in [-0.05, 0) is 26.2 Å². The van der Waals surface area contributed by atoms with Gasteiger partial charge in [0, 0.05) is 30.4 Å². The number of hydrogen-bond donors (Lipinski definition) is 2. The number of benzene rings is 2. The van der Waals surface area contributed by atoms with Crippen molar-refractivity contribution in [2.45, 2.75) is 92.1 Å². The van der Waals surface area contributed by atoms with E-state index in [-0.39, 0.29) is 31.7 Å². The number of ketones is 3. The molecule has 0 saturated carbocycles. The van der Waals surface area contributed by atoms with Crippen LogP contribution in [0.2, 0.25) is 0 Å². The monoisotopic (exact) mass is 554 g/mol. The third-order valence-corrected chi connectivity index (χ3v) is 6.39. The fraction of sp³-hybridized carbons (Fsp3) is 0.452. The Morgan fingerprint density at radius 1 is 0.725 bits per heavy atom. The molecule has 0 atom stereocenters. The van der Waals surface area contributed by atoms with Crippen LogP contribution in [-0.2, 0) is 16.1 Å². The van der Waals surface area contributed by atoms with Crippen molar-refractivity contribution >= 4 is 29.3 Å². The molecular formula is C31H38O9. The summed E-state index contributed by atoms with van der Waals surface area (Å²) in [6.07, 6.45) is 3.08. The van der Waals surface area contributed by atoms with Crippen molar-refractivity contribution < 1.29 is 43.7 Å². The largest absolute Gasteiger partial charge is 0.504 e. The summed E-state index contributed by atoms with van der Waals surface area (Å²) in [5.74, 6) is -6.12. The fourth-order valence-electron chi connectivity index (χ4n) is 4.16. The Kier molecular flexibility index (Phi) is 12.5. The maximum Gasteiger partial charge on any atom is 0.340 e. The van der Waals surface area contributed by atoms with Crippen molar-refractivity contribution in [3.63, 3.8) is 0 Å². The number of phenols is 2. The molecule has 2 rings (SSSR count). The molecule has 0 bridgehead atoms. The smallest absolute Gasteiger partial charge is 0.340 e. The molecule has 0 aliphatic rings. The van der Waals surface area contributed by atoms with Crippen molar-refractivity contribution in [3.05, 3.63) is 52.1 Å². The Morgan fingerprint density at radius 2 is 1.27 bits per heavy atom. The summed E-state index contributed by atoms with van der Waals surface area (Å²) in [5.41, 5.74) is -0.901. The number of Topliss-reactive ketones (excluding diaryl/α,β-unsaturated/α-hetero) is 3. The van der Waals surface area contributed by atoms with Gasteiger partial charge < -0.3 is 19.7 Å². The SMILES string of the molecule is CCCCC(=O)Oc1c(O)c(O)c(C(=O)CCCC)c(C(=O)OCc2ccccc2C(C)=O)c1C(=O)CCCC. The van der Waals surface area contributed by atoms with E-state index in [0.29, 0.717) is 49.7 Å². The van der Waals surface area contributed by atoms with Crippen molar-refractivity contribution in [3.8, 4) is 17.2 Å². The Labute approximate surface area is 234 Å². The lowest BCUT2D eigenvalue weighted by Crippen LogP contribution is -2.21. The van der Waals surface area contributed by atoms with E-state index in [2.05, 4.69) is 0 Å². The minimum absolute atomic E-state index is 0.0297. The third-order valence-electron chi connectivity index (χ3n) is 6.39. The molecule has 9 heteroatoms. The molecule has 0 heterocycles. The molecule has 216 valence electrons. The second-order valence-corrected chi connectivity index (χ2v) is 9.57. The first-order valence-corrected chi connectivity index (χ1v) is 13.7. The van der Waals surface area contributed by atoms with Gasteiger partial charge >= 0.3 is 11.9 Å².